The molecule has 0 saturated heterocycles. The van der Waals surface area contributed by atoms with Crippen molar-refractivity contribution in [1.82, 2.24) is 5.32 Å². The lowest BCUT2D eigenvalue weighted by Gasteiger charge is -2.08. The molecule has 2 N–H and O–H groups in total. The van der Waals surface area contributed by atoms with E-state index in [2.05, 4.69) is 24.5 Å². The summed E-state index contributed by atoms with van der Waals surface area (Å²) in [5.74, 6) is 0.125. The van der Waals surface area contributed by atoms with Crippen LogP contribution < -0.4 is 10.6 Å². The van der Waals surface area contributed by atoms with Crippen molar-refractivity contribution in [3.63, 3.8) is 0 Å². The third-order valence-electron chi connectivity index (χ3n) is 3.47. The molecule has 2 rings (SSSR count). The highest BCUT2D eigenvalue weighted by Crippen LogP contribution is 2.16. The minimum atomic E-state index is -0.164. The molecule has 2 aromatic rings. The second kappa shape index (κ2) is 6.89. The summed E-state index contributed by atoms with van der Waals surface area (Å²) in [5, 5.41) is 5.38. The summed E-state index contributed by atoms with van der Waals surface area (Å²) in [5.41, 5.74) is 3.03. The van der Waals surface area contributed by atoms with Crippen LogP contribution in [0, 0.1) is 0 Å². The van der Waals surface area contributed by atoms with Gasteiger partial charge in [-0.05, 0) is 47.9 Å². The molecule has 0 aliphatic heterocycles. The molecule has 114 valence electrons. The number of hydrogen-bond donors (Lipinski definition) is 2. The van der Waals surface area contributed by atoms with E-state index in [1.54, 1.807) is 31.3 Å². The van der Waals surface area contributed by atoms with Crippen molar-refractivity contribution in [1.29, 1.82) is 0 Å². The summed E-state index contributed by atoms with van der Waals surface area (Å²) in [6.07, 6.45) is 0. The van der Waals surface area contributed by atoms with E-state index in [-0.39, 0.29) is 11.8 Å². The summed E-state index contributed by atoms with van der Waals surface area (Å²) in [7, 11) is 1.58. The Balaban J connectivity index is 2.06. The minimum Gasteiger partial charge on any atom is -0.355 e. The number of anilines is 1. The van der Waals surface area contributed by atoms with Crippen molar-refractivity contribution in [2.75, 3.05) is 12.4 Å². The first kappa shape index (κ1) is 15.8. The van der Waals surface area contributed by atoms with Crippen molar-refractivity contribution in [3.8, 4) is 0 Å². The molecule has 22 heavy (non-hydrogen) atoms. The molecule has 0 fully saturated rings. The summed E-state index contributed by atoms with van der Waals surface area (Å²) in [6, 6.07) is 14.4. The third kappa shape index (κ3) is 3.73. The molecular weight excluding hydrogens is 276 g/mol. The van der Waals surface area contributed by atoms with Crippen LogP contribution in [-0.4, -0.2) is 18.9 Å². The molecule has 0 radical (unpaired) electrons. The largest absolute Gasteiger partial charge is 0.355 e. The number of benzene rings is 2. The zero-order valence-corrected chi connectivity index (χ0v) is 13.0. The van der Waals surface area contributed by atoms with E-state index < -0.39 is 0 Å². The predicted molar refractivity (Wildman–Crippen MR) is 88.3 cm³/mol. The zero-order valence-electron chi connectivity index (χ0n) is 13.0. The minimum absolute atomic E-state index is 0.151. The van der Waals surface area contributed by atoms with Gasteiger partial charge >= 0.3 is 0 Å². The fourth-order valence-electron chi connectivity index (χ4n) is 2.07. The molecule has 0 aliphatic rings. The normalized spacial score (nSPS) is 10.4. The SMILES string of the molecule is CNC(=O)c1ccc(NC(=O)c2ccc(C(C)C)cc2)cc1. The van der Waals surface area contributed by atoms with Gasteiger partial charge in [0.2, 0.25) is 0 Å². The lowest BCUT2D eigenvalue weighted by molar-refractivity contribution is 0.0962. The summed E-state index contributed by atoms with van der Waals surface area (Å²) in [6.45, 7) is 4.23. The first-order valence-electron chi connectivity index (χ1n) is 7.24. The topological polar surface area (TPSA) is 58.2 Å². The maximum absolute atomic E-state index is 12.2. The van der Waals surface area contributed by atoms with Crippen LogP contribution in [0.15, 0.2) is 48.5 Å². The average Bonchev–Trinajstić information content (AvgIpc) is 2.54. The molecule has 0 spiro atoms. The molecule has 4 nitrogen and oxygen atoms in total. The molecule has 2 aromatic carbocycles. The zero-order chi connectivity index (χ0) is 16.1. The van der Waals surface area contributed by atoms with Gasteiger partial charge in [-0.15, -0.1) is 0 Å². The van der Waals surface area contributed by atoms with Crippen LogP contribution in [0.4, 0.5) is 5.69 Å². The van der Waals surface area contributed by atoms with Crippen LogP contribution in [0.2, 0.25) is 0 Å². The molecule has 0 unspecified atom stereocenters. The highest BCUT2D eigenvalue weighted by atomic mass is 16.2. The van der Waals surface area contributed by atoms with Crippen LogP contribution in [0.5, 0.6) is 0 Å². The van der Waals surface area contributed by atoms with E-state index in [9.17, 15) is 9.59 Å². The van der Waals surface area contributed by atoms with E-state index in [1.165, 1.54) is 5.56 Å². The van der Waals surface area contributed by atoms with Crippen molar-refractivity contribution in [2.45, 2.75) is 19.8 Å². The van der Waals surface area contributed by atoms with Crippen LogP contribution in [0.1, 0.15) is 46.0 Å². The smallest absolute Gasteiger partial charge is 0.255 e. The molecule has 0 saturated carbocycles. The maximum Gasteiger partial charge on any atom is 0.255 e. The Morgan fingerprint density at radius 2 is 1.32 bits per heavy atom. The fraction of sp³-hybridized carbons (Fsp3) is 0.222. The standard InChI is InChI=1S/C18H20N2O2/c1-12(2)13-4-6-15(7-5-13)18(22)20-16-10-8-14(9-11-16)17(21)19-3/h4-12H,1-3H3,(H,19,21)(H,20,22). The molecule has 0 aliphatic carbocycles. The van der Waals surface area contributed by atoms with E-state index in [1.807, 2.05) is 24.3 Å². The number of nitrogens with one attached hydrogen (secondary N) is 2. The molecular formula is C18H20N2O2. The molecule has 0 heterocycles. The van der Waals surface area contributed by atoms with E-state index >= 15 is 0 Å². The van der Waals surface area contributed by atoms with Crippen molar-refractivity contribution < 1.29 is 9.59 Å². The Labute approximate surface area is 130 Å². The molecule has 4 heteroatoms. The number of amides is 2. The van der Waals surface area contributed by atoms with Crippen molar-refractivity contribution >= 4 is 17.5 Å². The van der Waals surface area contributed by atoms with E-state index in [0.29, 0.717) is 22.7 Å². The van der Waals surface area contributed by atoms with Gasteiger partial charge in [0.1, 0.15) is 0 Å². The number of carbonyl (C=O) groups is 2. The number of hydrogen-bond acceptors (Lipinski definition) is 2. The Hall–Kier alpha value is -2.62. The first-order valence-corrected chi connectivity index (χ1v) is 7.24. The number of carbonyl (C=O) groups excluding carboxylic acids is 2. The Morgan fingerprint density at radius 3 is 1.82 bits per heavy atom. The lowest BCUT2D eigenvalue weighted by Crippen LogP contribution is -2.17. The fourth-order valence-corrected chi connectivity index (χ4v) is 2.07. The van der Waals surface area contributed by atoms with Crippen LogP contribution in [-0.2, 0) is 0 Å². The second-order valence-electron chi connectivity index (χ2n) is 5.39. The van der Waals surface area contributed by atoms with Gasteiger partial charge < -0.3 is 10.6 Å². The highest BCUT2D eigenvalue weighted by Gasteiger charge is 2.08. The van der Waals surface area contributed by atoms with Gasteiger partial charge in [-0.25, -0.2) is 0 Å². The lowest BCUT2D eigenvalue weighted by atomic mass is 10.0. The predicted octanol–water partition coefficient (Wildman–Crippen LogP) is 3.42. The molecule has 0 aromatic heterocycles. The summed E-state index contributed by atoms with van der Waals surface area (Å²) in [4.78, 5) is 23.6. The van der Waals surface area contributed by atoms with Gasteiger partial charge in [-0.2, -0.15) is 0 Å². The Kier molecular flexibility index (Phi) is 4.94. The molecule has 0 atom stereocenters. The highest BCUT2D eigenvalue weighted by molar-refractivity contribution is 6.04. The maximum atomic E-state index is 12.2. The van der Waals surface area contributed by atoms with Gasteiger partial charge in [-0.1, -0.05) is 26.0 Å². The van der Waals surface area contributed by atoms with E-state index in [0.717, 1.165) is 0 Å². The van der Waals surface area contributed by atoms with Gasteiger partial charge in [0.05, 0.1) is 0 Å². The average molecular weight is 296 g/mol. The monoisotopic (exact) mass is 296 g/mol. The third-order valence-corrected chi connectivity index (χ3v) is 3.47. The van der Waals surface area contributed by atoms with Gasteiger partial charge in [-0.3, -0.25) is 9.59 Å². The van der Waals surface area contributed by atoms with Crippen LogP contribution >= 0.6 is 0 Å². The first-order chi connectivity index (χ1) is 10.5. The number of rotatable bonds is 4. The van der Waals surface area contributed by atoms with E-state index in [4.69, 9.17) is 0 Å². The molecule has 0 bridgehead atoms. The van der Waals surface area contributed by atoms with Crippen molar-refractivity contribution in [2.24, 2.45) is 0 Å². The van der Waals surface area contributed by atoms with Gasteiger partial charge in [0.25, 0.3) is 11.8 Å². The quantitative estimate of drug-likeness (QED) is 0.908. The summed E-state index contributed by atoms with van der Waals surface area (Å²) < 4.78 is 0. The van der Waals surface area contributed by atoms with Gasteiger partial charge in [0, 0.05) is 23.9 Å². The molecule has 2 amide bonds. The summed E-state index contributed by atoms with van der Waals surface area (Å²) >= 11 is 0. The van der Waals surface area contributed by atoms with Crippen LogP contribution in [0.25, 0.3) is 0 Å². The Morgan fingerprint density at radius 1 is 0.818 bits per heavy atom. The van der Waals surface area contributed by atoms with Gasteiger partial charge in [0.15, 0.2) is 0 Å². The van der Waals surface area contributed by atoms with Crippen molar-refractivity contribution in [3.05, 3.63) is 65.2 Å². The van der Waals surface area contributed by atoms with Crippen LogP contribution in [0.3, 0.4) is 0 Å². The second-order valence-corrected chi connectivity index (χ2v) is 5.39. The Bertz CT molecular complexity index is 658.